The molecule has 5 nitrogen and oxygen atoms in total. The zero-order valence-electron chi connectivity index (χ0n) is 11.1. The van der Waals surface area contributed by atoms with Crippen molar-refractivity contribution in [2.45, 2.75) is 25.8 Å². The highest BCUT2D eigenvalue weighted by Gasteiger charge is 2.32. The average molecular weight is 273 g/mol. The molecule has 3 rings (SSSR count). The van der Waals surface area contributed by atoms with Crippen LogP contribution in [0.1, 0.15) is 41.0 Å². The highest BCUT2D eigenvalue weighted by Crippen LogP contribution is 2.33. The average Bonchev–Trinajstić information content (AvgIpc) is 3.06. The van der Waals surface area contributed by atoms with Crippen molar-refractivity contribution in [3.05, 3.63) is 47.7 Å². The SMILES string of the molecule is CC1CC(C(=O)O)c2ccc(C(=O)c3ccoc3)n2C1. The summed E-state index contributed by atoms with van der Waals surface area (Å²) in [6.45, 7) is 2.68. The van der Waals surface area contributed by atoms with Gasteiger partial charge in [-0.15, -0.1) is 0 Å². The number of aliphatic carboxylic acids is 1. The molecule has 2 aromatic rings. The van der Waals surface area contributed by atoms with Gasteiger partial charge in [0, 0.05) is 12.2 Å². The van der Waals surface area contributed by atoms with E-state index >= 15 is 0 Å². The molecule has 0 fully saturated rings. The number of aromatic nitrogens is 1. The van der Waals surface area contributed by atoms with Crippen LogP contribution in [0.25, 0.3) is 0 Å². The molecule has 1 aliphatic rings. The fraction of sp³-hybridized carbons (Fsp3) is 0.333. The largest absolute Gasteiger partial charge is 0.481 e. The first kappa shape index (κ1) is 12.7. The fourth-order valence-electron chi connectivity index (χ4n) is 2.87. The molecule has 0 bridgehead atoms. The maximum atomic E-state index is 12.4. The van der Waals surface area contributed by atoms with Crippen LogP contribution in [0.5, 0.6) is 0 Å². The second kappa shape index (κ2) is 4.67. The first-order valence-corrected chi connectivity index (χ1v) is 6.57. The lowest BCUT2D eigenvalue weighted by molar-refractivity contribution is -0.139. The molecular weight excluding hydrogens is 258 g/mol. The second-order valence-corrected chi connectivity index (χ2v) is 5.33. The summed E-state index contributed by atoms with van der Waals surface area (Å²) in [6, 6.07) is 5.07. The summed E-state index contributed by atoms with van der Waals surface area (Å²) < 4.78 is 6.77. The third kappa shape index (κ3) is 1.95. The van der Waals surface area contributed by atoms with E-state index in [9.17, 15) is 14.7 Å². The molecule has 3 heterocycles. The Morgan fingerprint density at radius 3 is 2.80 bits per heavy atom. The van der Waals surface area contributed by atoms with Crippen molar-refractivity contribution < 1.29 is 19.1 Å². The first-order chi connectivity index (χ1) is 9.58. The Labute approximate surface area is 115 Å². The van der Waals surface area contributed by atoms with Crippen LogP contribution >= 0.6 is 0 Å². The van der Waals surface area contributed by atoms with Crippen LogP contribution < -0.4 is 0 Å². The Morgan fingerprint density at radius 1 is 1.35 bits per heavy atom. The number of hydrogen-bond acceptors (Lipinski definition) is 3. The number of carbonyl (C=O) groups is 2. The lowest BCUT2D eigenvalue weighted by Gasteiger charge is -2.28. The van der Waals surface area contributed by atoms with Gasteiger partial charge >= 0.3 is 5.97 Å². The van der Waals surface area contributed by atoms with Crippen LogP contribution in [-0.2, 0) is 11.3 Å². The van der Waals surface area contributed by atoms with E-state index in [2.05, 4.69) is 0 Å². The standard InChI is InChI=1S/C15H15NO4/c1-9-6-11(15(18)19)12-2-3-13(16(12)7-9)14(17)10-4-5-20-8-10/h2-5,8-9,11H,6-7H2,1H3,(H,18,19). The monoisotopic (exact) mass is 273 g/mol. The number of carboxylic acids is 1. The first-order valence-electron chi connectivity index (χ1n) is 6.57. The Bertz CT molecular complexity index is 653. The van der Waals surface area contributed by atoms with Gasteiger partial charge in [-0.1, -0.05) is 6.92 Å². The minimum absolute atomic E-state index is 0.136. The molecule has 2 atom stereocenters. The van der Waals surface area contributed by atoms with Gasteiger partial charge < -0.3 is 14.1 Å². The molecule has 0 amide bonds. The van der Waals surface area contributed by atoms with Gasteiger partial charge in [0.25, 0.3) is 0 Å². The van der Waals surface area contributed by atoms with E-state index in [0.717, 1.165) is 0 Å². The predicted molar refractivity (Wildman–Crippen MR) is 70.7 cm³/mol. The maximum absolute atomic E-state index is 12.4. The Kier molecular flexibility index (Phi) is 2.97. The lowest BCUT2D eigenvalue weighted by Crippen LogP contribution is -2.28. The van der Waals surface area contributed by atoms with Crippen LogP contribution in [0.4, 0.5) is 0 Å². The summed E-state index contributed by atoms with van der Waals surface area (Å²) in [6.07, 6.45) is 3.47. The minimum atomic E-state index is -0.835. The van der Waals surface area contributed by atoms with E-state index in [4.69, 9.17) is 4.42 Å². The maximum Gasteiger partial charge on any atom is 0.312 e. The van der Waals surface area contributed by atoms with Crippen molar-refractivity contribution in [2.24, 2.45) is 5.92 Å². The third-order valence-electron chi connectivity index (χ3n) is 3.82. The van der Waals surface area contributed by atoms with E-state index in [-0.39, 0.29) is 11.7 Å². The van der Waals surface area contributed by atoms with Crippen LogP contribution in [0.3, 0.4) is 0 Å². The molecule has 0 aromatic carbocycles. The van der Waals surface area contributed by atoms with Gasteiger partial charge in [0.15, 0.2) is 0 Å². The summed E-state index contributed by atoms with van der Waals surface area (Å²) in [4.78, 5) is 23.8. The number of carboxylic acid groups (broad SMARTS) is 1. The fourth-order valence-corrected chi connectivity index (χ4v) is 2.87. The van der Waals surface area contributed by atoms with E-state index in [0.29, 0.717) is 29.9 Å². The molecule has 5 heteroatoms. The third-order valence-corrected chi connectivity index (χ3v) is 3.82. The van der Waals surface area contributed by atoms with Gasteiger partial charge in [-0.25, -0.2) is 0 Å². The number of ketones is 1. The molecular formula is C15H15NO4. The molecule has 0 saturated heterocycles. The van der Waals surface area contributed by atoms with Crippen molar-refractivity contribution in [2.75, 3.05) is 0 Å². The highest BCUT2D eigenvalue weighted by molar-refractivity contribution is 6.08. The van der Waals surface area contributed by atoms with Gasteiger partial charge in [-0.3, -0.25) is 9.59 Å². The minimum Gasteiger partial charge on any atom is -0.481 e. The molecule has 0 saturated carbocycles. The van der Waals surface area contributed by atoms with Crippen molar-refractivity contribution in [3.63, 3.8) is 0 Å². The molecule has 0 aliphatic carbocycles. The molecule has 20 heavy (non-hydrogen) atoms. The van der Waals surface area contributed by atoms with Crippen LogP contribution in [0, 0.1) is 5.92 Å². The topological polar surface area (TPSA) is 72.4 Å². The molecule has 0 spiro atoms. The summed E-state index contributed by atoms with van der Waals surface area (Å²) >= 11 is 0. The van der Waals surface area contributed by atoms with Gasteiger partial charge in [0.2, 0.25) is 5.78 Å². The number of hydrogen-bond donors (Lipinski definition) is 1. The zero-order chi connectivity index (χ0) is 14.3. The summed E-state index contributed by atoms with van der Waals surface area (Å²) in [5, 5.41) is 9.32. The van der Waals surface area contributed by atoms with Gasteiger partial charge in [-0.2, -0.15) is 0 Å². The van der Waals surface area contributed by atoms with E-state index in [1.165, 1.54) is 12.5 Å². The predicted octanol–water partition coefficient (Wildman–Crippen LogP) is 2.52. The normalized spacial score (nSPS) is 21.4. The number of rotatable bonds is 3. The van der Waals surface area contributed by atoms with Crippen molar-refractivity contribution in [1.29, 1.82) is 0 Å². The van der Waals surface area contributed by atoms with Gasteiger partial charge in [-0.05, 0) is 30.5 Å². The van der Waals surface area contributed by atoms with E-state index < -0.39 is 11.9 Å². The van der Waals surface area contributed by atoms with Crippen molar-refractivity contribution in [1.82, 2.24) is 4.57 Å². The van der Waals surface area contributed by atoms with E-state index in [1.807, 2.05) is 11.5 Å². The Morgan fingerprint density at radius 2 is 2.15 bits per heavy atom. The molecule has 2 unspecified atom stereocenters. The second-order valence-electron chi connectivity index (χ2n) is 5.33. The van der Waals surface area contributed by atoms with E-state index in [1.54, 1.807) is 18.2 Å². The smallest absolute Gasteiger partial charge is 0.312 e. The van der Waals surface area contributed by atoms with Gasteiger partial charge in [0.05, 0.1) is 23.4 Å². The van der Waals surface area contributed by atoms with Crippen molar-refractivity contribution >= 4 is 11.8 Å². The molecule has 0 radical (unpaired) electrons. The summed E-state index contributed by atoms with van der Waals surface area (Å²) in [5.41, 5.74) is 1.72. The number of furan rings is 1. The van der Waals surface area contributed by atoms with Crippen LogP contribution in [0.2, 0.25) is 0 Å². The Balaban J connectivity index is 2.04. The molecule has 2 aromatic heterocycles. The van der Waals surface area contributed by atoms with Crippen LogP contribution in [0.15, 0.2) is 35.1 Å². The quantitative estimate of drug-likeness (QED) is 0.872. The highest BCUT2D eigenvalue weighted by atomic mass is 16.4. The van der Waals surface area contributed by atoms with Gasteiger partial charge in [0.1, 0.15) is 6.26 Å². The number of carbonyl (C=O) groups excluding carboxylic acids is 1. The van der Waals surface area contributed by atoms with Crippen LogP contribution in [-0.4, -0.2) is 21.4 Å². The summed E-state index contributed by atoms with van der Waals surface area (Å²) in [5.74, 6) is -1.28. The molecule has 1 N–H and O–H groups in total. The molecule has 1 aliphatic heterocycles. The van der Waals surface area contributed by atoms with Crippen molar-refractivity contribution in [3.8, 4) is 0 Å². The number of nitrogens with zero attached hydrogens (tertiary/aromatic N) is 1. The number of fused-ring (bicyclic) bond motifs is 1. The molecule has 104 valence electrons. The summed E-state index contributed by atoms with van der Waals surface area (Å²) in [7, 11) is 0. The zero-order valence-corrected chi connectivity index (χ0v) is 11.1. The lowest BCUT2D eigenvalue weighted by atomic mass is 9.89. The Hall–Kier alpha value is -2.30.